The van der Waals surface area contributed by atoms with E-state index in [1.54, 1.807) is 0 Å². The van der Waals surface area contributed by atoms with Crippen LogP contribution in [-0.4, -0.2) is 22.4 Å². The Morgan fingerprint density at radius 3 is 2.81 bits per heavy atom. The molecule has 0 saturated heterocycles. The van der Waals surface area contributed by atoms with Gasteiger partial charge in [-0.05, 0) is 19.8 Å². The maximum absolute atomic E-state index is 5.79. The van der Waals surface area contributed by atoms with Gasteiger partial charge in [0.25, 0.3) is 0 Å². The summed E-state index contributed by atoms with van der Waals surface area (Å²) < 4.78 is 1.98. The summed E-state index contributed by atoms with van der Waals surface area (Å²) in [5.41, 5.74) is 6.98. The quantitative estimate of drug-likeness (QED) is 0.741. The van der Waals surface area contributed by atoms with E-state index in [0.29, 0.717) is 12.6 Å². The van der Waals surface area contributed by atoms with Crippen LogP contribution in [0, 0.1) is 0 Å². The fourth-order valence-electron chi connectivity index (χ4n) is 1.67. The highest BCUT2D eigenvalue weighted by Crippen LogP contribution is 2.12. The predicted molar refractivity (Wildman–Crippen MR) is 67.2 cm³/mol. The smallest absolute Gasteiger partial charge is 0.0538 e. The van der Waals surface area contributed by atoms with Gasteiger partial charge in [-0.1, -0.05) is 13.8 Å². The third-order valence-corrected chi connectivity index (χ3v) is 2.84. The second kappa shape index (κ2) is 6.66. The summed E-state index contributed by atoms with van der Waals surface area (Å²) in [6.45, 7) is 8.09. The highest BCUT2D eigenvalue weighted by molar-refractivity contribution is 5.11. The second-order valence-electron chi connectivity index (χ2n) is 4.30. The van der Waals surface area contributed by atoms with E-state index in [0.717, 1.165) is 19.4 Å². The fourth-order valence-corrected chi connectivity index (χ4v) is 1.67. The first kappa shape index (κ1) is 13.2. The Labute approximate surface area is 98.2 Å². The molecular weight excluding hydrogens is 200 g/mol. The molecule has 1 heterocycles. The number of hydrogen-bond acceptors (Lipinski definition) is 3. The van der Waals surface area contributed by atoms with Gasteiger partial charge in [0.2, 0.25) is 0 Å². The van der Waals surface area contributed by atoms with Crippen LogP contribution in [0.1, 0.15) is 45.2 Å². The molecule has 2 atom stereocenters. The summed E-state index contributed by atoms with van der Waals surface area (Å²) in [5.74, 6) is 0. The first-order valence-corrected chi connectivity index (χ1v) is 6.19. The number of hydrogen-bond donors (Lipinski definition) is 2. The molecule has 0 amide bonds. The maximum Gasteiger partial charge on any atom is 0.0538 e. The summed E-state index contributed by atoms with van der Waals surface area (Å²) >= 11 is 0. The van der Waals surface area contributed by atoms with Crippen molar-refractivity contribution in [2.24, 2.45) is 5.73 Å². The average Bonchev–Trinajstić information content (AvgIpc) is 2.74. The molecule has 0 radical (unpaired) electrons. The topological polar surface area (TPSA) is 55.9 Å². The number of nitrogens with two attached hydrogens (primary N) is 1. The molecule has 1 aromatic rings. The van der Waals surface area contributed by atoms with Crippen LogP contribution in [-0.2, 0) is 6.54 Å². The Hall–Kier alpha value is -0.870. The molecule has 0 aliphatic rings. The van der Waals surface area contributed by atoms with Crippen molar-refractivity contribution in [1.29, 1.82) is 0 Å². The third-order valence-electron chi connectivity index (χ3n) is 2.84. The molecule has 0 aliphatic heterocycles. The Morgan fingerprint density at radius 1 is 1.50 bits per heavy atom. The summed E-state index contributed by atoms with van der Waals surface area (Å²) in [7, 11) is 0. The summed E-state index contributed by atoms with van der Waals surface area (Å²) in [5, 5.41) is 7.84. The molecule has 16 heavy (non-hydrogen) atoms. The molecular formula is C12H24N4. The highest BCUT2D eigenvalue weighted by Gasteiger charge is 2.13. The van der Waals surface area contributed by atoms with E-state index >= 15 is 0 Å². The Kier molecular flexibility index (Phi) is 5.49. The molecule has 3 N–H and O–H groups in total. The van der Waals surface area contributed by atoms with Gasteiger partial charge in [0, 0.05) is 36.9 Å². The Bertz CT molecular complexity index is 295. The van der Waals surface area contributed by atoms with E-state index in [-0.39, 0.29) is 6.04 Å². The fraction of sp³-hybridized carbons (Fsp3) is 0.750. The van der Waals surface area contributed by atoms with E-state index in [2.05, 4.69) is 37.4 Å². The zero-order valence-electron chi connectivity index (χ0n) is 10.6. The van der Waals surface area contributed by atoms with Crippen LogP contribution in [0.5, 0.6) is 0 Å². The summed E-state index contributed by atoms with van der Waals surface area (Å²) in [6, 6.07) is 0.712. The monoisotopic (exact) mass is 224 g/mol. The average molecular weight is 224 g/mol. The van der Waals surface area contributed by atoms with Crippen LogP contribution in [0.4, 0.5) is 0 Å². The highest BCUT2D eigenvalue weighted by atomic mass is 15.3. The van der Waals surface area contributed by atoms with Gasteiger partial charge in [-0.25, -0.2) is 0 Å². The van der Waals surface area contributed by atoms with Gasteiger partial charge in [0.1, 0.15) is 0 Å². The Balaban J connectivity index is 2.63. The van der Waals surface area contributed by atoms with Gasteiger partial charge in [-0.3, -0.25) is 4.68 Å². The van der Waals surface area contributed by atoms with Crippen LogP contribution >= 0.6 is 0 Å². The lowest BCUT2D eigenvalue weighted by atomic mass is 10.1. The molecule has 2 unspecified atom stereocenters. The lowest BCUT2D eigenvalue weighted by Gasteiger charge is -2.19. The molecule has 0 aromatic carbocycles. The van der Waals surface area contributed by atoms with E-state index in [1.165, 1.54) is 5.56 Å². The summed E-state index contributed by atoms with van der Waals surface area (Å²) in [6.07, 6.45) is 6.23. The van der Waals surface area contributed by atoms with Gasteiger partial charge in [0.15, 0.2) is 0 Å². The first-order chi connectivity index (χ1) is 7.71. The third kappa shape index (κ3) is 3.61. The number of aromatic nitrogens is 2. The molecule has 92 valence electrons. The van der Waals surface area contributed by atoms with Crippen LogP contribution in [0.15, 0.2) is 12.4 Å². The molecule has 1 rings (SSSR count). The molecule has 0 bridgehead atoms. The number of nitrogens with zero attached hydrogens (tertiary/aromatic N) is 2. The number of aryl methyl sites for hydroxylation is 1. The van der Waals surface area contributed by atoms with Crippen molar-refractivity contribution in [1.82, 2.24) is 15.1 Å². The minimum atomic E-state index is 0.223. The van der Waals surface area contributed by atoms with Gasteiger partial charge in [0.05, 0.1) is 6.20 Å². The van der Waals surface area contributed by atoms with Gasteiger partial charge >= 0.3 is 0 Å². The zero-order valence-corrected chi connectivity index (χ0v) is 10.6. The van der Waals surface area contributed by atoms with Crippen LogP contribution in [0.25, 0.3) is 0 Å². The minimum Gasteiger partial charge on any atom is -0.329 e. The van der Waals surface area contributed by atoms with Gasteiger partial charge < -0.3 is 11.1 Å². The minimum absolute atomic E-state index is 0.223. The number of nitrogens with one attached hydrogen (secondary N) is 1. The molecule has 0 aliphatic carbocycles. The van der Waals surface area contributed by atoms with Crippen molar-refractivity contribution in [3.8, 4) is 0 Å². The lowest BCUT2D eigenvalue weighted by molar-refractivity contribution is 0.451. The van der Waals surface area contributed by atoms with Crippen molar-refractivity contribution in [2.45, 2.75) is 52.2 Å². The first-order valence-electron chi connectivity index (χ1n) is 6.19. The van der Waals surface area contributed by atoms with Gasteiger partial charge in [-0.2, -0.15) is 5.10 Å². The molecule has 0 spiro atoms. The molecule has 4 heteroatoms. The molecule has 1 aromatic heterocycles. The largest absolute Gasteiger partial charge is 0.329 e. The van der Waals surface area contributed by atoms with Crippen LogP contribution in [0.2, 0.25) is 0 Å². The van der Waals surface area contributed by atoms with Crippen molar-refractivity contribution in [3.05, 3.63) is 18.0 Å². The van der Waals surface area contributed by atoms with Crippen LogP contribution in [0.3, 0.4) is 0 Å². The van der Waals surface area contributed by atoms with E-state index < -0.39 is 0 Å². The van der Waals surface area contributed by atoms with E-state index in [9.17, 15) is 0 Å². The molecule has 0 saturated carbocycles. The SMILES string of the molecule is CCCn1cc(C(CN)NC(C)CC)cn1. The summed E-state index contributed by atoms with van der Waals surface area (Å²) in [4.78, 5) is 0. The number of rotatable bonds is 7. The van der Waals surface area contributed by atoms with Gasteiger partial charge in [-0.15, -0.1) is 0 Å². The Morgan fingerprint density at radius 2 is 2.25 bits per heavy atom. The maximum atomic E-state index is 5.79. The van der Waals surface area contributed by atoms with Crippen molar-refractivity contribution in [2.75, 3.05) is 6.54 Å². The lowest BCUT2D eigenvalue weighted by Crippen LogP contribution is -2.34. The van der Waals surface area contributed by atoms with Crippen molar-refractivity contribution in [3.63, 3.8) is 0 Å². The van der Waals surface area contributed by atoms with E-state index in [4.69, 9.17) is 5.73 Å². The second-order valence-corrected chi connectivity index (χ2v) is 4.30. The van der Waals surface area contributed by atoms with Crippen molar-refractivity contribution < 1.29 is 0 Å². The normalized spacial score (nSPS) is 15.0. The molecule has 0 fully saturated rings. The molecule has 4 nitrogen and oxygen atoms in total. The van der Waals surface area contributed by atoms with Crippen molar-refractivity contribution >= 4 is 0 Å². The predicted octanol–water partition coefficient (Wildman–Crippen LogP) is 1.68. The van der Waals surface area contributed by atoms with Crippen LogP contribution < -0.4 is 11.1 Å². The van der Waals surface area contributed by atoms with E-state index in [1.807, 2.05) is 10.9 Å². The standard InChI is InChI=1S/C12H24N4/c1-4-6-16-9-11(8-14-16)12(7-13)15-10(3)5-2/h8-10,12,15H,4-7,13H2,1-3H3. The zero-order chi connectivity index (χ0) is 12.0.